The highest BCUT2D eigenvalue weighted by Crippen LogP contribution is 2.28. The lowest BCUT2D eigenvalue weighted by Crippen LogP contribution is -2.26. The number of fused-ring (bicyclic) bond motifs is 1. The Morgan fingerprint density at radius 2 is 2.17 bits per heavy atom. The van der Waals surface area contributed by atoms with Crippen molar-refractivity contribution in [3.8, 4) is 0 Å². The van der Waals surface area contributed by atoms with Crippen molar-refractivity contribution in [1.29, 1.82) is 0 Å². The van der Waals surface area contributed by atoms with Gasteiger partial charge in [0.1, 0.15) is 0 Å². The van der Waals surface area contributed by atoms with E-state index >= 15 is 0 Å². The summed E-state index contributed by atoms with van der Waals surface area (Å²) in [7, 11) is 1.87. The fraction of sp³-hybridized carbons (Fsp3) is 0.500. The zero-order valence-corrected chi connectivity index (χ0v) is 12.3. The van der Waals surface area contributed by atoms with E-state index in [4.69, 9.17) is 0 Å². The third-order valence-corrected chi connectivity index (χ3v) is 4.13. The van der Waals surface area contributed by atoms with Gasteiger partial charge in [-0.25, -0.2) is 0 Å². The molecule has 3 nitrogen and oxygen atoms in total. The molecule has 0 aliphatic carbocycles. The number of aromatic nitrogens is 1. The number of hydrogen-bond donors (Lipinski definition) is 0. The highest BCUT2D eigenvalue weighted by Gasteiger charge is 2.15. The molecular formula is C14H20N2OS. The van der Waals surface area contributed by atoms with Crippen LogP contribution in [0.3, 0.4) is 0 Å². The molecule has 0 saturated carbocycles. The number of carbonyl (C=O) groups is 1. The third kappa shape index (κ3) is 2.43. The van der Waals surface area contributed by atoms with Crippen LogP contribution in [0.1, 0.15) is 42.9 Å². The summed E-state index contributed by atoms with van der Waals surface area (Å²) < 4.78 is 3.38. The molecule has 0 saturated heterocycles. The maximum Gasteiger partial charge on any atom is 0.263 e. The average Bonchev–Trinajstić information content (AvgIpc) is 2.85. The minimum Gasteiger partial charge on any atom is -0.350 e. The Balaban J connectivity index is 2.25. The van der Waals surface area contributed by atoms with E-state index in [1.165, 1.54) is 10.1 Å². The zero-order valence-electron chi connectivity index (χ0n) is 11.4. The zero-order chi connectivity index (χ0) is 13.3. The van der Waals surface area contributed by atoms with Gasteiger partial charge in [0, 0.05) is 37.4 Å². The molecule has 18 heavy (non-hydrogen) atoms. The maximum absolute atomic E-state index is 12.2. The van der Waals surface area contributed by atoms with E-state index in [0.717, 1.165) is 17.8 Å². The predicted octanol–water partition coefficient (Wildman–Crippen LogP) is 3.77. The van der Waals surface area contributed by atoms with Gasteiger partial charge in [0.25, 0.3) is 5.91 Å². The average molecular weight is 264 g/mol. The van der Waals surface area contributed by atoms with Crippen LogP contribution in [0.15, 0.2) is 18.5 Å². The summed E-state index contributed by atoms with van der Waals surface area (Å²) in [5.41, 5.74) is 0. The lowest BCUT2D eigenvalue weighted by atomic mass is 10.3. The topological polar surface area (TPSA) is 25.2 Å². The van der Waals surface area contributed by atoms with Crippen LogP contribution >= 0.6 is 11.3 Å². The van der Waals surface area contributed by atoms with Crippen molar-refractivity contribution in [2.24, 2.45) is 0 Å². The van der Waals surface area contributed by atoms with Gasteiger partial charge in [-0.2, -0.15) is 0 Å². The number of carbonyl (C=O) groups excluding carboxylic acids is 1. The highest BCUT2D eigenvalue weighted by molar-refractivity contribution is 7.20. The molecule has 0 spiro atoms. The summed E-state index contributed by atoms with van der Waals surface area (Å²) in [6.07, 6.45) is 5.24. The van der Waals surface area contributed by atoms with Crippen LogP contribution in [-0.2, 0) is 0 Å². The van der Waals surface area contributed by atoms with E-state index in [1.54, 1.807) is 16.2 Å². The van der Waals surface area contributed by atoms with Gasteiger partial charge in [-0.3, -0.25) is 4.79 Å². The van der Waals surface area contributed by atoms with Crippen LogP contribution in [0.2, 0.25) is 0 Å². The number of amides is 1. The van der Waals surface area contributed by atoms with E-state index in [9.17, 15) is 4.79 Å². The SMILES string of the molecule is CCCN(C)C(=O)c1cc2cn(C(C)C)cc2s1. The molecule has 0 N–H and O–H groups in total. The second-order valence-electron chi connectivity index (χ2n) is 4.96. The summed E-state index contributed by atoms with van der Waals surface area (Å²) in [5.74, 6) is 0.133. The second kappa shape index (κ2) is 5.14. The van der Waals surface area contributed by atoms with E-state index in [0.29, 0.717) is 6.04 Å². The first-order chi connectivity index (χ1) is 8.52. The molecule has 0 aromatic carbocycles. The van der Waals surface area contributed by atoms with E-state index in [-0.39, 0.29) is 5.91 Å². The van der Waals surface area contributed by atoms with Gasteiger partial charge in [0.15, 0.2) is 0 Å². The fourth-order valence-corrected chi connectivity index (χ4v) is 3.05. The van der Waals surface area contributed by atoms with E-state index < -0.39 is 0 Å². The molecule has 0 bridgehead atoms. The molecule has 0 atom stereocenters. The number of nitrogens with zero attached hydrogens (tertiary/aromatic N) is 2. The molecule has 0 aliphatic heterocycles. The van der Waals surface area contributed by atoms with Crippen LogP contribution in [0.25, 0.3) is 10.1 Å². The number of rotatable bonds is 4. The summed E-state index contributed by atoms with van der Waals surface area (Å²) in [4.78, 5) is 14.8. The molecular weight excluding hydrogens is 244 g/mol. The normalized spacial score (nSPS) is 11.4. The molecule has 0 unspecified atom stereocenters. The van der Waals surface area contributed by atoms with Gasteiger partial charge in [0.05, 0.1) is 9.58 Å². The van der Waals surface area contributed by atoms with E-state index in [2.05, 4.69) is 37.7 Å². The van der Waals surface area contributed by atoms with Crippen LogP contribution in [0, 0.1) is 0 Å². The largest absolute Gasteiger partial charge is 0.350 e. The highest BCUT2D eigenvalue weighted by atomic mass is 32.1. The summed E-state index contributed by atoms with van der Waals surface area (Å²) in [6.45, 7) is 7.21. The molecule has 0 aliphatic rings. The first kappa shape index (κ1) is 13.1. The number of hydrogen-bond acceptors (Lipinski definition) is 2. The number of thiophene rings is 1. The Bertz CT molecular complexity index is 522. The van der Waals surface area contributed by atoms with Gasteiger partial charge < -0.3 is 9.47 Å². The Hall–Kier alpha value is -1.29. The molecule has 1 amide bonds. The summed E-state index contributed by atoms with van der Waals surface area (Å²) >= 11 is 1.59. The van der Waals surface area contributed by atoms with Gasteiger partial charge >= 0.3 is 0 Å². The molecule has 0 radical (unpaired) electrons. The van der Waals surface area contributed by atoms with Crippen molar-refractivity contribution in [3.05, 3.63) is 23.3 Å². The minimum absolute atomic E-state index is 0.133. The molecule has 2 aromatic rings. The third-order valence-electron chi connectivity index (χ3n) is 3.06. The maximum atomic E-state index is 12.2. The fourth-order valence-electron chi connectivity index (χ4n) is 1.98. The van der Waals surface area contributed by atoms with Gasteiger partial charge in [-0.1, -0.05) is 6.92 Å². The summed E-state index contributed by atoms with van der Waals surface area (Å²) in [5, 5.41) is 1.17. The van der Waals surface area contributed by atoms with Crippen molar-refractivity contribution >= 4 is 27.3 Å². The van der Waals surface area contributed by atoms with Crippen molar-refractivity contribution in [1.82, 2.24) is 9.47 Å². The van der Waals surface area contributed by atoms with Gasteiger partial charge in [-0.05, 0) is 26.3 Å². The minimum atomic E-state index is 0.133. The van der Waals surface area contributed by atoms with Crippen molar-refractivity contribution in [2.75, 3.05) is 13.6 Å². The smallest absolute Gasteiger partial charge is 0.263 e. The Labute approximate surface area is 112 Å². The van der Waals surface area contributed by atoms with Crippen molar-refractivity contribution < 1.29 is 4.79 Å². The standard InChI is InChI=1S/C14H20N2OS/c1-5-6-15(4)14(17)12-7-11-8-16(10(2)3)9-13(11)18-12/h7-10H,5-6H2,1-4H3. The molecule has 2 aromatic heterocycles. The quantitative estimate of drug-likeness (QED) is 0.825. The summed E-state index contributed by atoms with van der Waals surface area (Å²) in [6, 6.07) is 2.47. The lowest BCUT2D eigenvalue weighted by Gasteiger charge is -2.14. The second-order valence-corrected chi connectivity index (χ2v) is 6.04. The van der Waals surface area contributed by atoms with Crippen LogP contribution < -0.4 is 0 Å². The van der Waals surface area contributed by atoms with Gasteiger partial charge in [0.2, 0.25) is 0 Å². The first-order valence-electron chi connectivity index (χ1n) is 6.39. The van der Waals surface area contributed by atoms with Crippen LogP contribution in [0.4, 0.5) is 0 Å². The Kier molecular flexibility index (Phi) is 3.76. The van der Waals surface area contributed by atoms with Gasteiger partial charge in [-0.15, -0.1) is 11.3 Å². The van der Waals surface area contributed by atoms with Crippen molar-refractivity contribution in [3.63, 3.8) is 0 Å². The molecule has 0 fully saturated rings. The predicted molar refractivity (Wildman–Crippen MR) is 77.5 cm³/mol. The molecule has 4 heteroatoms. The van der Waals surface area contributed by atoms with Crippen LogP contribution in [-0.4, -0.2) is 29.0 Å². The monoisotopic (exact) mass is 264 g/mol. The van der Waals surface area contributed by atoms with Crippen LogP contribution in [0.5, 0.6) is 0 Å². The molecule has 2 rings (SSSR count). The van der Waals surface area contributed by atoms with Crippen molar-refractivity contribution in [2.45, 2.75) is 33.2 Å². The first-order valence-corrected chi connectivity index (χ1v) is 7.21. The Morgan fingerprint density at radius 1 is 1.44 bits per heavy atom. The molecule has 98 valence electrons. The lowest BCUT2D eigenvalue weighted by molar-refractivity contribution is 0.0800. The van der Waals surface area contributed by atoms with E-state index in [1.807, 2.05) is 13.1 Å². The Morgan fingerprint density at radius 3 is 2.72 bits per heavy atom. The molecule has 2 heterocycles.